The summed E-state index contributed by atoms with van der Waals surface area (Å²) in [5.41, 5.74) is 4.21. The molecular formula is C33H48ClN3O5S. The SMILES string of the molecule is CCCCOc1ccc(COCNCSCNc2ccc(OC3C4=CC(OC)=C(OC)C=C(C4)N=CC3C)cc2)cc1.Cl.[HH].[HH]. The van der Waals surface area contributed by atoms with Crippen LogP contribution < -0.4 is 20.1 Å². The molecular weight excluding hydrogens is 586 g/mol. The molecule has 2 N–H and O–H groups in total. The van der Waals surface area contributed by atoms with Gasteiger partial charge in [-0.1, -0.05) is 32.4 Å². The van der Waals surface area contributed by atoms with Crippen LogP contribution in [0.4, 0.5) is 5.69 Å². The van der Waals surface area contributed by atoms with E-state index in [1.54, 1.807) is 26.0 Å². The Balaban J connectivity index is 0.00000337. The van der Waals surface area contributed by atoms with Crippen LogP contribution in [-0.4, -0.2) is 51.6 Å². The first-order chi connectivity index (χ1) is 20.6. The van der Waals surface area contributed by atoms with Crippen molar-refractivity contribution in [3.05, 3.63) is 89.0 Å². The highest BCUT2D eigenvalue weighted by atomic mass is 35.5. The maximum absolute atomic E-state index is 6.47. The smallest absolute Gasteiger partial charge is 0.162 e. The van der Waals surface area contributed by atoms with Crippen molar-refractivity contribution in [1.82, 2.24) is 5.32 Å². The first-order valence-corrected chi connectivity index (χ1v) is 15.6. The van der Waals surface area contributed by atoms with Crippen LogP contribution in [0, 0.1) is 5.92 Å². The Hall–Kier alpha value is -3.11. The van der Waals surface area contributed by atoms with Gasteiger partial charge in [0.2, 0.25) is 0 Å². The molecule has 43 heavy (non-hydrogen) atoms. The number of hydrogen-bond acceptors (Lipinski definition) is 9. The molecule has 0 amide bonds. The van der Waals surface area contributed by atoms with Crippen molar-refractivity contribution in [3.63, 3.8) is 0 Å². The van der Waals surface area contributed by atoms with Gasteiger partial charge in [0, 0.05) is 44.7 Å². The van der Waals surface area contributed by atoms with E-state index < -0.39 is 0 Å². The summed E-state index contributed by atoms with van der Waals surface area (Å²) in [4.78, 5) is 4.67. The van der Waals surface area contributed by atoms with E-state index in [1.807, 2.05) is 54.8 Å². The van der Waals surface area contributed by atoms with Gasteiger partial charge in [0.05, 0.1) is 40.0 Å². The van der Waals surface area contributed by atoms with Crippen LogP contribution in [0.1, 0.15) is 41.5 Å². The second-order valence-electron chi connectivity index (χ2n) is 10.1. The Kier molecular flexibility index (Phi) is 14.8. The summed E-state index contributed by atoms with van der Waals surface area (Å²) in [5.74, 6) is 4.73. The second kappa shape index (κ2) is 18.5. The lowest BCUT2D eigenvalue weighted by atomic mass is 9.96. The fourth-order valence-corrected chi connectivity index (χ4v) is 5.12. The highest BCUT2D eigenvalue weighted by Crippen LogP contribution is 2.33. The molecule has 4 rings (SSSR count). The molecule has 2 aromatic rings. The predicted molar refractivity (Wildman–Crippen MR) is 182 cm³/mol. The third-order valence-electron chi connectivity index (χ3n) is 6.86. The molecule has 0 fully saturated rings. The maximum atomic E-state index is 6.47. The van der Waals surface area contributed by atoms with E-state index in [0.717, 1.165) is 65.2 Å². The zero-order valence-electron chi connectivity index (χ0n) is 25.5. The zero-order chi connectivity index (χ0) is 29.6. The third kappa shape index (κ3) is 10.8. The van der Waals surface area contributed by atoms with E-state index in [0.29, 0.717) is 31.3 Å². The lowest BCUT2D eigenvalue weighted by Gasteiger charge is -2.24. The Bertz CT molecular complexity index is 1260. The third-order valence-corrected chi connectivity index (χ3v) is 7.62. The molecule has 0 radical (unpaired) electrons. The van der Waals surface area contributed by atoms with Crippen LogP contribution >= 0.6 is 24.2 Å². The number of unbranched alkanes of at least 4 members (excludes halogenated alkanes) is 1. The summed E-state index contributed by atoms with van der Waals surface area (Å²) >= 11 is 1.75. The van der Waals surface area contributed by atoms with Crippen LogP contribution in [0.15, 0.2) is 88.5 Å². The fraction of sp³-hybridized carbons (Fsp3) is 0.424. The molecule has 2 aliphatic rings. The van der Waals surface area contributed by atoms with Gasteiger partial charge in [-0.15, -0.1) is 24.2 Å². The van der Waals surface area contributed by atoms with Crippen LogP contribution in [-0.2, 0) is 20.8 Å². The van der Waals surface area contributed by atoms with Gasteiger partial charge < -0.3 is 29.0 Å². The van der Waals surface area contributed by atoms with Crippen LogP contribution in [0.25, 0.3) is 0 Å². The van der Waals surface area contributed by atoms with Crippen molar-refractivity contribution >= 4 is 36.1 Å². The Labute approximate surface area is 269 Å². The number of aliphatic imine (C=N–C) groups is 1. The summed E-state index contributed by atoms with van der Waals surface area (Å²) in [5, 5.41) is 6.74. The number of rotatable bonds is 17. The number of halogens is 1. The number of anilines is 1. The number of nitrogens with zero attached hydrogens (tertiary/aromatic N) is 1. The molecule has 1 heterocycles. The quantitative estimate of drug-likeness (QED) is 0.135. The van der Waals surface area contributed by atoms with E-state index in [1.165, 1.54) is 0 Å². The average Bonchev–Trinajstić information content (AvgIpc) is 3.28. The van der Waals surface area contributed by atoms with Gasteiger partial charge in [-0.25, -0.2) is 0 Å². The first-order valence-electron chi connectivity index (χ1n) is 14.5. The Morgan fingerprint density at radius 1 is 0.953 bits per heavy atom. The molecule has 8 nitrogen and oxygen atoms in total. The van der Waals surface area contributed by atoms with Crippen molar-refractivity contribution in [1.29, 1.82) is 0 Å². The van der Waals surface area contributed by atoms with Gasteiger partial charge in [-0.3, -0.25) is 10.3 Å². The minimum absolute atomic E-state index is 0. The topological polar surface area (TPSA) is 82.6 Å². The number of methoxy groups -OCH3 is 2. The van der Waals surface area contributed by atoms with E-state index in [2.05, 4.69) is 41.6 Å². The first kappa shape index (κ1) is 34.4. The van der Waals surface area contributed by atoms with Crippen LogP contribution in [0.2, 0.25) is 0 Å². The summed E-state index contributed by atoms with van der Waals surface area (Å²) in [6.07, 6.45) is 8.64. The predicted octanol–water partition coefficient (Wildman–Crippen LogP) is 7.79. The highest BCUT2D eigenvalue weighted by Gasteiger charge is 2.28. The highest BCUT2D eigenvalue weighted by molar-refractivity contribution is 7.99. The molecule has 2 unspecified atom stereocenters. The standard InChI is InChI=1S/C33H43N3O5S.ClH.2H2/c1-5-6-15-40-29-11-7-25(8-12-29)20-39-21-34-22-42-23-36-27-9-13-30(14-10-27)41-33-24(2)19-35-28-16-26(33)17-31(37-3)32(18-28)38-4;;;/h7-14,17-19,24,33-34,36H,5-6,15-16,20-23H2,1-4H3;3*1H. The van der Waals surface area contributed by atoms with Crippen molar-refractivity contribution in [2.75, 3.05) is 44.6 Å². The van der Waals surface area contributed by atoms with Crippen LogP contribution in [0.3, 0.4) is 0 Å². The van der Waals surface area contributed by atoms with Gasteiger partial charge in [0.1, 0.15) is 17.6 Å². The molecule has 2 bridgehead atoms. The maximum Gasteiger partial charge on any atom is 0.162 e. The van der Waals surface area contributed by atoms with E-state index >= 15 is 0 Å². The van der Waals surface area contributed by atoms with Crippen molar-refractivity contribution < 1.29 is 26.5 Å². The molecule has 0 saturated carbocycles. The lowest BCUT2D eigenvalue weighted by Crippen LogP contribution is -2.27. The molecule has 0 aromatic heterocycles. The van der Waals surface area contributed by atoms with E-state index in [4.69, 9.17) is 23.7 Å². The average molecular weight is 634 g/mol. The van der Waals surface area contributed by atoms with Gasteiger partial charge >= 0.3 is 0 Å². The number of benzene rings is 2. The molecule has 0 spiro atoms. The molecule has 10 heteroatoms. The largest absolute Gasteiger partial charge is 0.494 e. The summed E-state index contributed by atoms with van der Waals surface area (Å²) in [6, 6.07) is 16.2. The summed E-state index contributed by atoms with van der Waals surface area (Å²) < 4.78 is 29.0. The number of fused-ring (bicyclic) bond motifs is 2. The number of allylic oxidation sites excluding steroid dienone is 3. The molecule has 238 valence electrons. The number of nitrogens with one attached hydrogen (secondary N) is 2. The monoisotopic (exact) mass is 633 g/mol. The molecule has 1 aliphatic carbocycles. The normalized spacial score (nSPS) is 17.6. The minimum Gasteiger partial charge on any atom is -0.494 e. The minimum atomic E-state index is -0.160. The van der Waals surface area contributed by atoms with Crippen molar-refractivity contribution in [2.45, 2.75) is 45.8 Å². The van der Waals surface area contributed by atoms with Gasteiger partial charge in [-0.05, 0) is 60.0 Å². The summed E-state index contributed by atoms with van der Waals surface area (Å²) in [6.45, 7) is 6.11. The zero-order valence-corrected chi connectivity index (χ0v) is 27.1. The number of thioether (sulfide) groups is 1. The molecule has 2 aromatic carbocycles. The second-order valence-corrected chi connectivity index (χ2v) is 11.1. The lowest BCUT2D eigenvalue weighted by molar-refractivity contribution is 0.107. The van der Waals surface area contributed by atoms with Gasteiger partial charge in [-0.2, -0.15) is 0 Å². The van der Waals surface area contributed by atoms with Crippen molar-refractivity contribution in [2.24, 2.45) is 10.9 Å². The number of hydrogen-bond donors (Lipinski definition) is 2. The summed E-state index contributed by atoms with van der Waals surface area (Å²) in [7, 11) is 3.29. The molecule has 0 saturated heterocycles. The fourth-order valence-electron chi connectivity index (χ4n) is 4.52. The van der Waals surface area contributed by atoms with E-state index in [-0.39, 0.29) is 27.3 Å². The molecule has 2 atom stereocenters. The molecule has 1 aliphatic heterocycles. The van der Waals surface area contributed by atoms with Crippen molar-refractivity contribution in [3.8, 4) is 11.5 Å². The Morgan fingerprint density at radius 2 is 1.67 bits per heavy atom. The van der Waals surface area contributed by atoms with E-state index in [9.17, 15) is 0 Å². The van der Waals surface area contributed by atoms with Crippen LogP contribution in [0.5, 0.6) is 11.5 Å². The van der Waals surface area contributed by atoms with Gasteiger partial charge in [0.15, 0.2) is 11.5 Å². The number of ether oxygens (including phenoxy) is 5. The Morgan fingerprint density at radius 3 is 2.40 bits per heavy atom. The van der Waals surface area contributed by atoms with Gasteiger partial charge in [0.25, 0.3) is 0 Å².